The fourth-order valence-corrected chi connectivity index (χ4v) is 4.43. The second kappa shape index (κ2) is 10.7. The van der Waals surface area contributed by atoms with Crippen LogP contribution in [0.2, 0.25) is 0 Å². The zero-order valence-electron chi connectivity index (χ0n) is 20.3. The van der Waals surface area contributed by atoms with Crippen molar-refractivity contribution in [2.45, 2.75) is 52.5 Å². The lowest BCUT2D eigenvalue weighted by Crippen LogP contribution is -2.55. The number of likely N-dealkylation sites (N-methyl/N-ethyl adjacent to an activating group) is 1. The van der Waals surface area contributed by atoms with Crippen LogP contribution < -0.4 is 5.32 Å². The predicted molar refractivity (Wildman–Crippen MR) is 131 cm³/mol. The summed E-state index contributed by atoms with van der Waals surface area (Å²) in [5, 5.41) is 11.7. The average molecular weight is 467 g/mol. The number of ether oxygens (including phenoxy) is 1. The standard InChI is InChI=1S/C27H34N2O5/c1-5-29(16-10-15-23(30)31)25(32)24(27(2,3)4)28-26(33)34-17-22-20-13-8-6-11-18(20)19-12-7-9-14-21(19)22/h6-9,11-14,22,24H,5,10,15-17H2,1-4H3,(H,28,33)(H,30,31)/t24-/m1/s1. The molecule has 1 aliphatic rings. The first-order valence-electron chi connectivity index (χ1n) is 11.8. The van der Waals surface area contributed by atoms with Gasteiger partial charge in [0.1, 0.15) is 12.6 Å². The number of nitrogens with zero attached hydrogens (tertiary/aromatic N) is 1. The lowest BCUT2D eigenvalue weighted by Gasteiger charge is -2.34. The molecule has 2 aromatic carbocycles. The Morgan fingerprint density at radius 2 is 1.59 bits per heavy atom. The smallest absolute Gasteiger partial charge is 0.407 e. The van der Waals surface area contributed by atoms with Crippen molar-refractivity contribution in [2.24, 2.45) is 5.41 Å². The topological polar surface area (TPSA) is 95.9 Å². The van der Waals surface area contributed by atoms with Gasteiger partial charge in [-0.15, -0.1) is 0 Å². The van der Waals surface area contributed by atoms with Crippen LogP contribution in [0.4, 0.5) is 4.79 Å². The van der Waals surface area contributed by atoms with E-state index in [1.807, 2.05) is 52.0 Å². The summed E-state index contributed by atoms with van der Waals surface area (Å²) in [7, 11) is 0. The number of hydrogen-bond donors (Lipinski definition) is 2. The minimum Gasteiger partial charge on any atom is -0.481 e. The van der Waals surface area contributed by atoms with Gasteiger partial charge < -0.3 is 20.1 Å². The second-order valence-corrected chi connectivity index (χ2v) is 9.68. The van der Waals surface area contributed by atoms with Gasteiger partial charge in [0.2, 0.25) is 5.91 Å². The Balaban J connectivity index is 1.68. The number of aliphatic carboxylic acids is 1. The van der Waals surface area contributed by atoms with Gasteiger partial charge in [-0.2, -0.15) is 0 Å². The van der Waals surface area contributed by atoms with Gasteiger partial charge in [-0.05, 0) is 41.0 Å². The van der Waals surface area contributed by atoms with Gasteiger partial charge >= 0.3 is 12.1 Å². The number of benzene rings is 2. The van der Waals surface area contributed by atoms with Crippen molar-refractivity contribution in [2.75, 3.05) is 19.7 Å². The molecule has 3 rings (SSSR count). The van der Waals surface area contributed by atoms with E-state index in [1.54, 1.807) is 4.90 Å². The molecule has 0 aromatic heterocycles. The van der Waals surface area contributed by atoms with Gasteiger partial charge in [-0.25, -0.2) is 4.79 Å². The van der Waals surface area contributed by atoms with E-state index in [4.69, 9.17) is 9.84 Å². The monoisotopic (exact) mass is 466 g/mol. The summed E-state index contributed by atoms with van der Waals surface area (Å²) in [5.41, 5.74) is 3.98. The predicted octanol–water partition coefficient (Wildman–Crippen LogP) is 4.65. The maximum atomic E-state index is 13.2. The molecule has 2 amide bonds. The van der Waals surface area contributed by atoms with Crippen LogP contribution in [0.3, 0.4) is 0 Å². The van der Waals surface area contributed by atoms with Crippen molar-refractivity contribution >= 4 is 18.0 Å². The molecule has 0 radical (unpaired) electrons. The Morgan fingerprint density at radius 1 is 1.03 bits per heavy atom. The van der Waals surface area contributed by atoms with Crippen molar-refractivity contribution in [1.82, 2.24) is 10.2 Å². The maximum Gasteiger partial charge on any atom is 0.407 e. The first-order valence-corrected chi connectivity index (χ1v) is 11.8. The normalized spacial score (nSPS) is 13.5. The number of rotatable bonds is 9. The van der Waals surface area contributed by atoms with Crippen molar-refractivity contribution in [3.8, 4) is 11.1 Å². The summed E-state index contributed by atoms with van der Waals surface area (Å²) in [6.45, 7) is 8.39. The van der Waals surface area contributed by atoms with Crippen molar-refractivity contribution in [1.29, 1.82) is 0 Å². The summed E-state index contributed by atoms with van der Waals surface area (Å²) in [6.07, 6.45) is -0.294. The number of nitrogens with one attached hydrogen (secondary N) is 1. The minimum absolute atomic E-state index is 0.0101. The third kappa shape index (κ3) is 5.76. The van der Waals surface area contributed by atoms with Gasteiger partial charge in [0.05, 0.1) is 0 Å². The highest BCUT2D eigenvalue weighted by Gasteiger charge is 2.36. The average Bonchev–Trinajstić information content (AvgIpc) is 3.11. The van der Waals surface area contributed by atoms with Crippen LogP contribution in [-0.4, -0.2) is 53.7 Å². The molecule has 1 aliphatic carbocycles. The molecule has 7 nitrogen and oxygen atoms in total. The Bertz CT molecular complexity index is 998. The summed E-state index contributed by atoms with van der Waals surface area (Å²) < 4.78 is 5.64. The largest absolute Gasteiger partial charge is 0.481 e. The molecule has 2 aromatic rings. The molecule has 1 atom stereocenters. The first kappa shape index (κ1) is 25.3. The first-order chi connectivity index (χ1) is 16.1. The van der Waals surface area contributed by atoms with E-state index in [0.717, 1.165) is 22.3 Å². The van der Waals surface area contributed by atoms with Gasteiger partial charge in [-0.3, -0.25) is 9.59 Å². The molecule has 182 valence electrons. The SMILES string of the molecule is CCN(CCCC(=O)O)C(=O)[C@@H](NC(=O)OCC1c2ccccc2-c2ccccc21)C(C)(C)C. The fraction of sp³-hybridized carbons (Fsp3) is 0.444. The highest BCUT2D eigenvalue weighted by Crippen LogP contribution is 2.44. The van der Waals surface area contributed by atoms with Crippen LogP contribution >= 0.6 is 0 Å². The van der Waals surface area contributed by atoms with Crippen LogP contribution in [0.1, 0.15) is 57.6 Å². The number of carbonyl (C=O) groups is 3. The summed E-state index contributed by atoms with van der Waals surface area (Å²) >= 11 is 0. The van der Waals surface area contributed by atoms with Crippen molar-refractivity contribution < 1.29 is 24.2 Å². The maximum absolute atomic E-state index is 13.2. The van der Waals surface area contributed by atoms with E-state index in [0.29, 0.717) is 19.5 Å². The number of carbonyl (C=O) groups excluding carboxylic acids is 2. The number of carboxylic acids is 1. The third-order valence-electron chi connectivity index (χ3n) is 6.23. The molecule has 7 heteroatoms. The molecule has 0 aliphatic heterocycles. The summed E-state index contributed by atoms with van der Waals surface area (Å²) in [4.78, 5) is 38.5. The van der Waals surface area contributed by atoms with E-state index in [9.17, 15) is 14.4 Å². The fourth-order valence-electron chi connectivity index (χ4n) is 4.43. The highest BCUT2D eigenvalue weighted by molar-refractivity contribution is 5.86. The van der Waals surface area contributed by atoms with E-state index >= 15 is 0 Å². The Hall–Kier alpha value is -3.35. The number of hydrogen-bond acceptors (Lipinski definition) is 4. The Morgan fingerprint density at radius 3 is 2.09 bits per heavy atom. The van der Waals surface area contributed by atoms with E-state index in [1.165, 1.54) is 0 Å². The molecule has 0 bridgehead atoms. The molecule has 0 fully saturated rings. The molecule has 0 heterocycles. The van der Waals surface area contributed by atoms with Crippen LogP contribution in [0.25, 0.3) is 11.1 Å². The molecule has 0 saturated heterocycles. The second-order valence-electron chi connectivity index (χ2n) is 9.68. The van der Waals surface area contributed by atoms with E-state index in [2.05, 4.69) is 29.6 Å². The zero-order chi connectivity index (χ0) is 24.9. The number of alkyl carbamates (subject to hydrolysis) is 1. The van der Waals surface area contributed by atoms with Gasteiger partial charge in [0.25, 0.3) is 0 Å². The van der Waals surface area contributed by atoms with Gasteiger partial charge in [-0.1, -0.05) is 69.3 Å². The molecule has 34 heavy (non-hydrogen) atoms. The van der Waals surface area contributed by atoms with Gasteiger partial charge in [0.15, 0.2) is 0 Å². The van der Waals surface area contributed by atoms with Crippen LogP contribution in [0, 0.1) is 5.41 Å². The van der Waals surface area contributed by atoms with E-state index < -0.39 is 23.5 Å². The lowest BCUT2D eigenvalue weighted by molar-refractivity contribution is -0.139. The molecule has 0 saturated carbocycles. The molecule has 0 unspecified atom stereocenters. The summed E-state index contributed by atoms with van der Waals surface area (Å²) in [5.74, 6) is -1.20. The Kier molecular flexibility index (Phi) is 7.97. The minimum atomic E-state index is -0.896. The van der Waals surface area contributed by atoms with Crippen LogP contribution in [0.15, 0.2) is 48.5 Å². The third-order valence-corrected chi connectivity index (χ3v) is 6.23. The van der Waals surface area contributed by atoms with Crippen molar-refractivity contribution in [3.63, 3.8) is 0 Å². The number of fused-ring (bicyclic) bond motifs is 3. The molecule has 2 N–H and O–H groups in total. The molecular weight excluding hydrogens is 432 g/mol. The highest BCUT2D eigenvalue weighted by atomic mass is 16.5. The van der Waals surface area contributed by atoms with E-state index in [-0.39, 0.29) is 24.9 Å². The van der Waals surface area contributed by atoms with Crippen LogP contribution in [-0.2, 0) is 14.3 Å². The lowest BCUT2D eigenvalue weighted by atomic mass is 9.85. The molecule has 0 spiro atoms. The molecular formula is C27H34N2O5. The number of amides is 2. The summed E-state index contributed by atoms with van der Waals surface area (Å²) in [6, 6.07) is 15.4. The van der Waals surface area contributed by atoms with Gasteiger partial charge in [0, 0.05) is 25.4 Å². The number of carboxylic acid groups (broad SMARTS) is 1. The van der Waals surface area contributed by atoms with Crippen molar-refractivity contribution in [3.05, 3.63) is 59.7 Å². The zero-order valence-corrected chi connectivity index (χ0v) is 20.3. The Labute approximate surface area is 201 Å². The van der Waals surface area contributed by atoms with Crippen LogP contribution in [0.5, 0.6) is 0 Å². The quantitative estimate of drug-likeness (QED) is 0.561.